The van der Waals surface area contributed by atoms with Crippen LogP contribution in [0.5, 0.6) is 11.5 Å². The third kappa shape index (κ3) is 7.13. The molecule has 4 rings (SSSR count). The fourth-order valence-electron chi connectivity index (χ4n) is 4.50. The predicted molar refractivity (Wildman–Crippen MR) is 144 cm³/mol. The van der Waals surface area contributed by atoms with Gasteiger partial charge >= 0.3 is 5.97 Å². The fraction of sp³-hybridized carbons (Fsp3) is 0.333. The first-order chi connectivity index (χ1) is 18.9. The molecule has 206 valence electrons. The Morgan fingerprint density at radius 1 is 0.872 bits per heavy atom. The van der Waals surface area contributed by atoms with E-state index in [9.17, 15) is 14.0 Å². The van der Waals surface area contributed by atoms with Crippen LogP contribution in [0.25, 0.3) is 0 Å². The van der Waals surface area contributed by atoms with Crippen molar-refractivity contribution in [1.29, 1.82) is 0 Å². The zero-order chi connectivity index (χ0) is 27.8. The number of ether oxygens (including phenoxy) is 4. The van der Waals surface area contributed by atoms with Crippen molar-refractivity contribution in [3.8, 4) is 11.5 Å². The summed E-state index contributed by atoms with van der Waals surface area (Å²) in [6.07, 6.45) is -0.252. The molecule has 1 amide bonds. The van der Waals surface area contributed by atoms with Crippen molar-refractivity contribution in [3.63, 3.8) is 0 Å². The van der Waals surface area contributed by atoms with Gasteiger partial charge < -0.3 is 23.8 Å². The normalized spacial score (nSPS) is 14.5. The maximum atomic E-state index is 14.1. The molecule has 1 fully saturated rings. The van der Waals surface area contributed by atoms with Crippen molar-refractivity contribution >= 4 is 11.9 Å². The van der Waals surface area contributed by atoms with E-state index in [-0.39, 0.29) is 23.7 Å². The van der Waals surface area contributed by atoms with Gasteiger partial charge in [-0.3, -0.25) is 9.69 Å². The number of hydrogen-bond donors (Lipinski definition) is 0. The average Bonchev–Trinajstić information content (AvgIpc) is 2.99. The third-order valence-electron chi connectivity index (χ3n) is 6.77. The van der Waals surface area contributed by atoms with Gasteiger partial charge in [0, 0.05) is 38.3 Å². The van der Waals surface area contributed by atoms with Crippen molar-refractivity contribution in [3.05, 3.63) is 94.8 Å². The second-order valence-electron chi connectivity index (χ2n) is 9.21. The van der Waals surface area contributed by atoms with E-state index in [1.807, 2.05) is 36.4 Å². The summed E-state index contributed by atoms with van der Waals surface area (Å²) in [5.41, 5.74) is 2.69. The molecule has 0 unspecified atom stereocenters. The second kappa shape index (κ2) is 13.2. The van der Waals surface area contributed by atoms with Gasteiger partial charge in [0.1, 0.15) is 5.75 Å². The zero-order valence-electron chi connectivity index (χ0n) is 22.4. The monoisotopic (exact) mass is 536 g/mol. The molecule has 9 heteroatoms. The number of nitrogens with zero attached hydrogens (tertiary/aromatic N) is 2. The van der Waals surface area contributed by atoms with Crippen LogP contribution >= 0.6 is 0 Å². The van der Waals surface area contributed by atoms with Crippen LogP contribution in [0.1, 0.15) is 37.9 Å². The summed E-state index contributed by atoms with van der Waals surface area (Å²) in [6, 6.07) is 19.2. The minimum absolute atomic E-state index is 0.111. The van der Waals surface area contributed by atoms with Gasteiger partial charge in [-0.25, -0.2) is 9.18 Å². The maximum Gasteiger partial charge on any atom is 0.337 e. The highest BCUT2D eigenvalue weighted by Gasteiger charge is 2.26. The first kappa shape index (κ1) is 28.1. The van der Waals surface area contributed by atoms with E-state index in [1.54, 1.807) is 30.2 Å². The van der Waals surface area contributed by atoms with Crippen LogP contribution in [0, 0.1) is 5.82 Å². The molecule has 8 nitrogen and oxygen atoms in total. The molecule has 1 aliphatic rings. The van der Waals surface area contributed by atoms with Gasteiger partial charge in [0.05, 0.1) is 39.6 Å². The molecule has 1 aliphatic heterocycles. The van der Waals surface area contributed by atoms with Gasteiger partial charge in [-0.15, -0.1) is 0 Å². The van der Waals surface area contributed by atoms with Crippen molar-refractivity contribution in [2.45, 2.75) is 12.7 Å². The highest BCUT2D eigenvalue weighted by atomic mass is 19.1. The quantitative estimate of drug-likeness (QED) is 0.357. The Bertz CT molecular complexity index is 1270. The molecule has 0 aromatic heterocycles. The van der Waals surface area contributed by atoms with Gasteiger partial charge in [-0.2, -0.15) is 0 Å². The molecular formula is C30H33FN2O6. The fourth-order valence-corrected chi connectivity index (χ4v) is 4.50. The van der Waals surface area contributed by atoms with Crippen LogP contribution in [-0.2, 0) is 16.1 Å². The van der Waals surface area contributed by atoms with Crippen LogP contribution in [0.4, 0.5) is 4.39 Å². The van der Waals surface area contributed by atoms with Gasteiger partial charge in [0.2, 0.25) is 0 Å². The lowest BCUT2D eigenvalue weighted by Crippen LogP contribution is -2.49. The molecule has 1 heterocycles. The van der Waals surface area contributed by atoms with E-state index < -0.39 is 5.82 Å². The van der Waals surface area contributed by atoms with E-state index in [1.165, 1.54) is 26.4 Å². The molecular weight excluding hydrogens is 503 g/mol. The Morgan fingerprint density at radius 3 is 2.23 bits per heavy atom. The number of piperazine rings is 1. The van der Waals surface area contributed by atoms with E-state index in [0.29, 0.717) is 50.5 Å². The molecule has 3 aromatic carbocycles. The van der Waals surface area contributed by atoms with Crippen LogP contribution in [-0.4, -0.2) is 75.7 Å². The lowest BCUT2D eigenvalue weighted by molar-refractivity contribution is 0.00331. The van der Waals surface area contributed by atoms with E-state index >= 15 is 0 Å². The Balaban J connectivity index is 1.40. The minimum Gasteiger partial charge on any atom is -0.497 e. The molecule has 0 bridgehead atoms. The standard InChI is InChI=1S/C30H33FN2O6/c1-36-25-6-4-5-23(17-25)28(39-20-21-7-9-22(10-8-21)30(35)38-3)19-32-13-15-33(16-14-32)29(34)24-11-12-27(37-2)26(31)18-24/h4-12,17-18,28H,13-16,19-20H2,1-3H3/t28-/m1/s1. The molecule has 3 aromatic rings. The number of rotatable bonds is 10. The topological polar surface area (TPSA) is 77.5 Å². The van der Waals surface area contributed by atoms with Crippen LogP contribution in [0.15, 0.2) is 66.7 Å². The second-order valence-corrected chi connectivity index (χ2v) is 9.21. The lowest BCUT2D eigenvalue weighted by atomic mass is 10.1. The number of carbonyl (C=O) groups is 2. The first-order valence-electron chi connectivity index (χ1n) is 12.7. The molecule has 1 saturated heterocycles. The molecule has 0 spiro atoms. The van der Waals surface area contributed by atoms with Crippen molar-refractivity contribution < 1.29 is 32.9 Å². The Labute approximate surface area is 227 Å². The Hall–Kier alpha value is -3.95. The molecule has 0 aliphatic carbocycles. The van der Waals surface area contributed by atoms with E-state index in [0.717, 1.165) is 16.9 Å². The summed E-state index contributed by atoms with van der Waals surface area (Å²) in [7, 11) is 4.37. The third-order valence-corrected chi connectivity index (χ3v) is 6.77. The largest absolute Gasteiger partial charge is 0.497 e. The first-order valence-corrected chi connectivity index (χ1v) is 12.7. The minimum atomic E-state index is -0.555. The maximum absolute atomic E-state index is 14.1. The molecule has 0 radical (unpaired) electrons. The summed E-state index contributed by atoms with van der Waals surface area (Å²) in [5, 5.41) is 0. The number of carbonyl (C=O) groups excluding carboxylic acids is 2. The Kier molecular flexibility index (Phi) is 9.51. The number of hydrogen-bond acceptors (Lipinski definition) is 7. The molecule has 0 saturated carbocycles. The van der Waals surface area contributed by atoms with Crippen molar-refractivity contribution in [2.75, 3.05) is 54.1 Å². The zero-order valence-corrected chi connectivity index (χ0v) is 22.4. The van der Waals surface area contributed by atoms with E-state index in [4.69, 9.17) is 18.9 Å². The van der Waals surface area contributed by atoms with Crippen LogP contribution in [0.3, 0.4) is 0 Å². The highest BCUT2D eigenvalue weighted by Crippen LogP contribution is 2.26. The highest BCUT2D eigenvalue weighted by molar-refractivity contribution is 5.94. The summed E-state index contributed by atoms with van der Waals surface area (Å²) in [6.45, 7) is 3.32. The number of esters is 1. The van der Waals surface area contributed by atoms with Crippen LogP contribution < -0.4 is 9.47 Å². The molecule has 0 N–H and O–H groups in total. The summed E-state index contributed by atoms with van der Waals surface area (Å²) < 4.78 is 35.6. The number of halogens is 1. The number of methoxy groups -OCH3 is 3. The smallest absolute Gasteiger partial charge is 0.337 e. The molecule has 39 heavy (non-hydrogen) atoms. The van der Waals surface area contributed by atoms with Crippen LogP contribution in [0.2, 0.25) is 0 Å². The van der Waals surface area contributed by atoms with E-state index in [2.05, 4.69) is 4.90 Å². The van der Waals surface area contributed by atoms with Gasteiger partial charge in [0.15, 0.2) is 11.6 Å². The number of amides is 1. The van der Waals surface area contributed by atoms with Crippen molar-refractivity contribution in [2.24, 2.45) is 0 Å². The summed E-state index contributed by atoms with van der Waals surface area (Å²) in [4.78, 5) is 28.7. The number of benzene rings is 3. The van der Waals surface area contributed by atoms with Crippen molar-refractivity contribution in [1.82, 2.24) is 9.80 Å². The van der Waals surface area contributed by atoms with Gasteiger partial charge in [-0.1, -0.05) is 24.3 Å². The summed E-state index contributed by atoms with van der Waals surface area (Å²) in [5.74, 6) is -0.288. The average molecular weight is 537 g/mol. The summed E-state index contributed by atoms with van der Waals surface area (Å²) >= 11 is 0. The van der Waals surface area contributed by atoms with Gasteiger partial charge in [-0.05, 0) is 53.6 Å². The SMILES string of the molecule is COC(=O)c1ccc(CO[C@H](CN2CCN(C(=O)c3ccc(OC)c(F)c3)CC2)c2cccc(OC)c2)cc1. The Morgan fingerprint density at radius 2 is 1.59 bits per heavy atom. The molecule has 1 atom stereocenters. The predicted octanol–water partition coefficient (Wildman–Crippen LogP) is 4.35. The lowest BCUT2D eigenvalue weighted by Gasteiger charge is -2.36. The van der Waals surface area contributed by atoms with Gasteiger partial charge in [0.25, 0.3) is 5.91 Å².